The summed E-state index contributed by atoms with van der Waals surface area (Å²) in [5.74, 6) is -0.166. The third-order valence-electron chi connectivity index (χ3n) is 4.42. The summed E-state index contributed by atoms with van der Waals surface area (Å²) in [6.07, 6.45) is 0.0666. The van der Waals surface area contributed by atoms with Crippen LogP contribution in [0.1, 0.15) is 5.56 Å². The Morgan fingerprint density at radius 2 is 1.97 bits per heavy atom. The molecular formula is C19H17ClN4O4S2. The number of aromatic nitrogens is 2. The molecular weight excluding hydrogens is 448 g/mol. The predicted octanol–water partition coefficient (Wildman–Crippen LogP) is 3.33. The molecule has 0 aliphatic carbocycles. The zero-order valence-corrected chi connectivity index (χ0v) is 18.4. The minimum atomic E-state index is -3.59. The van der Waals surface area contributed by atoms with E-state index in [0.29, 0.717) is 21.5 Å². The lowest BCUT2D eigenvalue weighted by molar-refractivity contribution is -0.122. The van der Waals surface area contributed by atoms with E-state index in [1.807, 2.05) is 19.1 Å². The van der Waals surface area contributed by atoms with Gasteiger partial charge in [0.25, 0.3) is 5.91 Å². The fourth-order valence-electron chi connectivity index (χ4n) is 2.98. The second kappa shape index (κ2) is 7.86. The molecule has 0 saturated carbocycles. The first-order chi connectivity index (χ1) is 14.2. The molecule has 30 heavy (non-hydrogen) atoms. The summed E-state index contributed by atoms with van der Waals surface area (Å²) < 4.78 is 31.5. The Hall–Kier alpha value is -2.69. The molecule has 3 aromatic rings. The van der Waals surface area contributed by atoms with E-state index >= 15 is 0 Å². The Morgan fingerprint density at radius 3 is 2.67 bits per heavy atom. The van der Waals surface area contributed by atoms with Crippen LogP contribution in [-0.2, 0) is 14.8 Å². The molecule has 2 heterocycles. The van der Waals surface area contributed by atoms with Crippen LogP contribution in [0.15, 0.2) is 42.5 Å². The smallest absolute Gasteiger partial charge is 0.269 e. The summed E-state index contributed by atoms with van der Waals surface area (Å²) in [5.41, 5.74) is 2.12. The number of hydrogen-bond acceptors (Lipinski definition) is 7. The van der Waals surface area contributed by atoms with Crippen molar-refractivity contribution in [2.75, 3.05) is 22.4 Å². The number of fused-ring (bicyclic) bond motifs is 1. The molecule has 0 saturated heterocycles. The minimum Gasteiger partial charge on any atom is -0.476 e. The van der Waals surface area contributed by atoms with E-state index in [9.17, 15) is 13.2 Å². The van der Waals surface area contributed by atoms with E-state index in [1.54, 1.807) is 30.3 Å². The summed E-state index contributed by atoms with van der Waals surface area (Å²) in [5, 5.41) is 12.2. The lowest BCUT2D eigenvalue weighted by atomic mass is 10.1. The van der Waals surface area contributed by atoms with Crippen molar-refractivity contribution in [1.82, 2.24) is 10.2 Å². The summed E-state index contributed by atoms with van der Waals surface area (Å²) in [6.45, 7) is 1.72. The Morgan fingerprint density at radius 1 is 1.23 bits per heavy atom. The Labute approximate surface area is 182 Å². The van der Waals surface area contributed by atoms with Gasteiger partial charge in [0.05, 0.1) is 18.5 Å². The molecule has 8 nitrogen and oxygen atoms in total. The molecule has 1 atom stereocenters. The van der Waals surface area contributed by atoms with Crippen molar-refractivity contribution in [3.05, 3.63) is 53.1 Å². The number of sulfonamides is 1. The maximum absolute atomic E-state index is 12.8. The average molecular weight is 465 g/mol. The quantitative estimate of drug-likeness (QED) is 0.635. The number of halogens is 1. The van der Waals surface area contributed by atoms with Crippen molar-refractivity contribution in [2.45, 2.75) is 13.0 Å². The number of carbonyl (C=O) groups excluding carboxylic acids is 1. The van der Waals surface area contributed by atoms with Crippen molar-refractivity contribution < 1.29 is 17.9 Å². The summed E-state index contributed by atoms with van der Waals surface area (Å²) in [6, 6.07) is 12.3. The van der Waals surface area contributed by atoms with Gasteiger partial charge in [-0.15, -0.1) is 10.2 Å². The fourth-order valence-corrected chi connectivity index (χ4v) is 4.77. The van der Waals surface area contributed by atoms with Crippen LogP contribution in [0.4, 0.5) is 10.8 Å². The molecule has 0 spiro atoms. The molecule has 1 aliphatic heterocycles. The van der Waals surface area contributed by atoms with Gasteiger partial charge in [0.1, 0.15) is 10.8 Å². The van der Waals surface area contributed by atoms with Gasteiger partial charge in [0, 0.05) is 10.6 Å². The number of amides is 1. The first-order valence-electron chi connectivity index (χ1n) is 8.86. The third-order valence-corrected chi connectivity index (χ3v) is 6.71. The van der Waals surface area contributed by atoms with Crippen LogP contribution in [0.25, 0.3) is 10.6 Å². The number of carbonyl (C=O) groups is 1. The van der Waals surface area contributed by atoms with Crippen LogP contribution in [-0.4, -0.2) is 43.4 Å². The molecule has 0 fully saturated rings. The van der Waals surface area contributed by atoms with Gasteiger partial charge in [-0.3, -0.25) is 14.4 Å². The van der Waals surface area contributed by atoms with Crippen molar-refractivity contribution >= 4 is 49.7 Å². The maximum atomic E-state index is 12.8. The molecule has 11 heteroatoms. The minimum absolute atomic E-state index is 0.135. The predicted molar refractivity (Wildman–Crippen MR) is 117 cm³/mol. The van der Waals surface area contributed by atoms with Crippen LogP contribution in [0.5, 0.6) is 5.75 Å². The van der Waals surface area contributed by atoms with E-state index in [4.69, 9.17) is 16.3 Å². The fraction of sp³-hybridized carbons (Fsp3) is 0.211. The van der Waals surface area contributed by atoms with Crippen molar-refractivity contribution in [1.29, 1.82) is 0 Å². The molecule has 4 rings (SSSR count). The van der Waals surface area contributed by atoms with Gasteiger partial charge in [0.15, 0.2) is 6.10 Å². The summed E-state index contributed by atoms with van der Waals surface area (Å²) in [4.78, 5) is 12.8. The van der Waals surface area contributed by atoms with E-state index < -0.39 is 22.0 Å². The topological polar surface area (TPSA) is 101 Å². The van der Waals surface area contributed by atoms with E-state index in [-0.39, 0.29) is 11.7 Å². The molecule has 156 valence electrons. The van der Waals surface area contributed by atoms with E-state index in [2.05, 4.69) is 15.5 Å². The number of nitrogens with one attached hydrogen (secondary N) is 1. The van der Waals surface area contributed by atoms with Crippen LogP contribution >= 0.6 is 22.9 Å². The van der Waals surface area contributed by atoms with Crippen LogP contribution in [0.3, 0.4) is 0 Å². The molecule has 1 N–H and O–H groups in total. The highest BCUT2D eigenvalue weighted by Crippen LogP contribution is 2.36. The first kappa shape index (κ1) is 20.6. The van der Waals surface area contributed by atoms with Gasteiger partial charge in [-0.2, -0.15) is 0 Å². The van der Waals surface area contributed by atoms with Crippen LogP contribution in [0.2, 0.25) is 5.02 Å². The van der Waals surface area contributed by atoms with Gasteiger partial charge >= 0.3 is 0 Å². The molecule has 0 radical (unpaired) electrons. The largest absolute Gasteiger partial charge is 0.476 e. The SMILES string of the molecule is Cc1ccc2c(c1)O[C@H](C(=O)Nc1nnc(-c3ccc(Cl)cc3)s1)CN2S(C)(=O)=O. The van der Waals surface area contributed by atoms with Gasteiger partial charge in [0.2, 0.25) is 15.2 Å². The van der Waals surface area contributed by atoms with Gasteiger partial charge < -0.3 is 4.74 Å². The van der Waals surface area contributed by atoms with Crippen molar-refractivity contribution in [3.63, 3.8) is 0 Å². The lowest BCUT2D eigenvalue weighted by Gasteiger charge is -2.33. The highest BCUT2D eigenvalue weighted by atomic mass is 35.5. The highest BCUT2D eigenvalue weighted by molar-refractivity contribution is 7.92. The molecule has 0 bridgehead atoms. The van der Waals surface area contributed by atoms with Gasteiger partial charge in [-0.25, -0.2) is 8.42 Å². The first-order valence-corrected chi connectivity index (χ1v) is 11.9. The number of aryl methyl sites for hydroxylation is 1. The zero-order chi connectivity index (χ0) is 21.5. The Kier molecular flexibility index (Phi) is 5.39. The maximum Gasteiger partial charge on any atom is 0.269 e. The number of benzene rings is 2. The second-order valence-corrected chi connectivity index (χ2v) is 10.1. The van der Waals surface area contributed by atoms with Crippen molar-refractivity contribution in [3.8, 4) is 16.3 Å². The standard InChI is InChI=1S/C19H17ClN4O4S2/c1-11-3-8-14-15(9-11)28-16(10-24(14)30(2,26)27)17(25)21-19-23-22-18(29-19)12-4-6-13(20)7-5-12/h3-9,16H,10H2,1-2H3,(H,21,23,25)/t16-/m0/s1. The third kappa shape index (κ3) is 4.25. The van der Waals surface area contributed by atoms with E-state index in [1.165, 1.54) is 15.6 Å². The molecule has 1 amide bonds. The Bertz CT molecular complexity index is 1210. The van der Waals surface area contributed by atoms with Crippen LogP contribution in [0, 0.1) is 6.92 Å². The van der Waals surface area contributed by atoms with Gasteiger partial charge in [-0.1, -0.05) is 41.1 Å². The summed E-state index contributed by atoms with van der Waals surface area (Å²) >= 11 is 7.09. The van der Waals surface area contributed by atoms with Gasteiger partial charge in [-0.05, 0) is 36.8 Å². The normalized spacial score (nSPS) is 16.0. The molecule has 1 aliphatic rings. The van der Waals surface area contributed by atoms with Crippen molar-refractivity contribution in [2.24, 2.45) is 0 Å². The van der Waals surface area contributed by atoms with E-state index in [0.717, 1.165) is 17.4 Å². The number of anilines is 2. The highest BCUT2D eigenvalue weighted by Gasteiger charge is 2.35. The monoisotopic (exact) mass is 464 g/mol. The number of hydrogen-bond donors (Lipinski definition) is 1. The number of ether oxygens (including phenoxy) is 1. The van der Waals surface area contributed by atoms with Crippen LogP contribution < -0.4 is 14.4 Å². The second-order valence-electron chi connectivity index (χ2n) is 6.78. The average Bonchev–Trinajstić information content (AvgIpc) is 3.15. The molecule has 0 unspecified atom stereocenters. The molecule has 2 aromatic carbocycles. The summed E-state index contributed by atoms with van der Waals surface area (Å²) in [7, 11) is -3.59. The zero-order valence-electron chi connectivity index (χ0n) is 16.0. The number of nitrogens with zero attached hydrogens (tertiary/aromatic N) is 3. The lowest BCUT2D eigenvalue weighted by Crippen LogP contribution is -2.48. The number of rotatable bonds is 4. The Balaban J connectivity index is 1.55. The molecule has 1 aromatic heterocycles.